The molecule has 0 bridgehead atoms. The van der Waals surface area contributed by atoms with E-state index in [2.05, 4.69) is 10.1 Å². The van der Waals surface area contributed by atoms with Gasteiger partial charge >= 0.3 is 5.97 Å². The number of anilines is 2. The molecule has 5 heteroatoms. The Bertz CT molecular complexity index is 590. The van der Waals surface area contributed by atoms with Gasteiger partial charge in [0.15, 0.2) is 0 Å². The van der Waals surface area contributed by atoms with Crippen LogP contribution in [0.2, 0.25) is 0 Å². The van der Waals surface area contributed by atoms with E-state index in [1.807, 2.05) is 43.3 Å². The molecule has 2 aromatic rings. The van der Waals surface area contributed by atoms with Gasteiger partial charge in [0, 0.05) is 26.2 Å². The summed E-state index contributed by atoms with van der Waals surface area (Å²) in [5.41, 5.74) is 2.84. The van der Waals surface area contributed by atoms with Gasteiger partial charge in [-0.15, -0.1) is 0 Å². The smallest absolute Gasteiger partial charge is 0.374 e. The Morgan fingerprint density at radius 2 is 2.05 bits per heavy atom. The van der Waals surface area contributed by atoms with Crippen molar-refractivity contribution in [1.82, 2.24) is 0 Å². The number of ether oxygens (including phenoxy) is 1. The number of para-hydroxylation sites is 2. The van der Waals surface area contributed by atoms with Crippen LogP contribution in [0.25, 0.3) is 0 Å². The summed E-state index contributed by atoms with van der Waals surface area (Å²) in [6.45, 7) is 0.492. The maximum Gasteiger partial charge on any atom is 0.374 e. The molecule has 0 fully saturated rings. The molecule has 0 amide bonds. The van der Waals surface area contributed by atoms with Crippen molar-refractivity contribution in [3.05, 3.63) is 47.9 Å². The molecule has 1 heterocycles. The number of furan rings is 1. The highest BCUT2D eigenvalue weighted by molar-refractivity contribution is 5.88. The lowest BCUT2D eigenvalue weighted by molar-refractivity contribution is 0.0563. The predicted octanol–water partition coefficient (Wildman–Crippen LogP) is 2.74. The van der Waals surface area contributed by atoms with Gasteiger partial charge in [0.2, 0.25) is 5.76 Å². The lowest BCUT2D eigenvalue weighted by Gasteiger charge is -2.18. The van der Waals surface area contributed by atoms with E-state index in [4.69, 9.17) is 4.42 Å². The van der Waals surface area contributed by atoms with Crippen LogP contribution >= 0.6 is 0 Å². The van der Waals surface area contributed by atoms with E-state index in [9.17, 15) is 4.79 Å². The summed E-state index contributed by atoms with van der Waals surface area (Å²) >= 11 is 0. The Morgan fingerprint density at radius 3 is 2.75 bits per heavy atom. The molecule has 5 nitrogen and oxygen atoms in total. The number of methoxy groups -OCH3 is 1. The molecule has 0 aliphatic carbocycles. The molecule has 0 saturated heterocycles. The molecule has 2 rings (SSSR count). The van der Waals surface area contributed by atoms with Gasteiger partial charge < -0.3 is 19.4 Å². The first kappa shape index (κ1) is 14.0. The summed E-state index contributed by atoms with van der Waals surface area (Å²) in [5.74, 6) is -0.227. The predicted molar refractivity (Wildman–Crippen MR) is 78.1 cm³/mol. The molecule has 1 aromatic heterocycles. The Kier molecular flexibility index (Phi) is 4.30. The van der Waals surface area contributed by atoms with E-state index in [1.54, 1.807) is 6.07 Å². The minimum absolute atomic E-state index is 0.238. The summed E-state index contributed by atoms with van der Waals surface area (Å²) in [5, 5.41) is 3.31. The molecular formula is C15H18N2O3. The number of hydrogen-bond acceptors (Lipinski definition) is 5. The van der Waals surface area contributed by atoms with Crippen LogP contribution in [0.1, 0.15) is 16.1 Å². The van der Waals surface area contributed by atoms with Gasteiger partial charge in [0.05, 0.1) is 24.7 Å². The third-order valence-electron chi connectivity index (χ3n) is 2.97. The monoisotopic (exact) mass is 274 g/mol. The van der Waals surface area contributed by atoms with E-state index in [-0.39, 0.29) is 5.76 Å². The van der Waals surface area contributed by atoms with Crippen molar-refractivity contribution in [2.75, 3.05) is 31.4 Å². The Balaban J connectivity index is 2.14. The molecule has 20 heavy (non-hydrogen) atoms. The van der Waals surface area contributed by atoms with Crippen molar-refractivity contribution in [1.29, 1.82) is 0 Å². The van der Waals surface area contributed by atoms with Gasteiger partial charge in [-0.25, -0.2) is 4.79 Å². The molecule has 0 atom stereocenters. The van der Waals surface area contributed by atoms with E-state index < -0.39 is 5.97 Å². The first-order valence-corrected chi connectivity index (χ1v) is 6.28. The second kappa shape index (κ2) is 6.14. The van der Waals surface area contributed by atoms with Crippen molar-refractivity contribution >= 4 is 17.3 Å². The van der Waals surface area contributed by atoms with Crippen molar-refractivity contribution in [3.63, 3.8) is 0 Å². The minimum atomic E-state index is -0.465. The average molecular weight is 274 g/mol. The molecular weight excluding hydrogens is 256 g/mol. The van der Waals surface area contributed by atoms with Gasteiger partial charge in [-0.1, -0.05) is 12.1 Å². The number of nitrogens with one attached hydrogen (secondary N) is 1. The number of nitrogens with zero attached hydrogens (tertiary/aromatic N) is 1. The van der Waals surface area contributed by atoms with Crippen molar-refractivity contribution < 1.29 is 13.9 Å². The number of benzene rings is 1. The summed E-state index contributed by atoms with van der Waals surface area (Å²) in [6.07, 6.45) is 1.49. The second-order valence-electron chi connectivity index (χ2n) is 4.53. The summed E-state index contributed by atoms with van der Waals surface area (Å²) in [6, 6.07) is 9.73. The van der Waals surface area contributed by atoms with Crippen LogP contribution in [0.15, 0.2) is 41.0 Å². The molecule has 0 aliphatic rings. The van der Waals surface area contributed by atoms with Crippen LogP contribution in [0, 0.1) is 0 Å². The fraction of sp³-hybridized carbons (Fsp3) is 0.267. The largest absolute Gasteiger partial charge is 0.463 e. The van der Waals surface area contributed by atoms with Crippen LogP contribution in [0.5, 0.6) is 0 Å². The van der Waals surface area contributed by atoms with Crippen LogP contribution in [-0.2, 0) is 11.3 Å². The summed E-state index contributed by atoms with van der Waals surface area (Å²) < 4.78 is 9.84. The van der Waals surface area contributed by atoms with Crippen LogP contribution < -0.4 is 10.2 Å². The third-order valence-corrected chi connectivity index (χ3v) is 2.97. The van der Waals surface area contributed by atoms with Crippen molar-refractivity contribution in [3.8, 4) is 0 Å². The molecule has 0 saturated carbocycles. The van der Waals surface area contributed by atoms with Crippen molar-refractivity contribution in [2.24, 2.45) is 0 Å². The number of hydrogen-bond donors (Lipinski definition) is 1. The molecule has 0 aliphatic heterocycles. The van der Waals surface area contributed by atoms with E-state index in [0.717, 1.165) is 16.9 Å². The maximum absolute atomic E-state index is 11.5. The number of rotatable bonds is 5. The van der Waals surface area contributed by atoms with Crippen LogP contribution in [-0.4, -0.2) is 27.2 Å². The molecule has 0 spiro atoms. The minimum Gasteiger partial charge on any atom is -0.463 e. The van der Waals surface area contributed by atoms with Gasteiger partial charge in [-0.05, 0) is 18.2 Å². The van der Waals surface area contributed by atoms with Crippen molar-refractivity contribution in [2.45, 2.75) is 6.54 Å². The highest BCUT2D eigenvalue weighted by Gasteiger charge is 2.15. The fourth-order valence-corrected chi connectivity index (χ4v) is 1.95. The standard InChI is InChI=1S/C15H18N2O3/c1-17(2)13-7-5-4-6-12(13)16-10-11-8-9-20-14(11)15(18)19-3/h4-9,16H,10H2,1-3H3. The number of esters is 1. The van der Waals surface area contributed by atoms with Gasteiger partial charge in [-0.3, -0.25) is 0 Å². The van der Waals surface area contributed by atoms with E-state index >= 15 is 0 Å². The highest BCUT2D eigenvalue weighted by Crippen LogP contribution is 2.24. The first-order chi connectivity index (χ1) is 9.63. The zero-order chi connectivity index (χ0) is 14.5. The maximum atomic E-state index is 11.5. The Morgan fingerprint density at radius 1 is 1.30 bits per heavy atom. The molecule has 1 N–H and O–H groups in total. The molecule has 0 radical (unpaired) electrons. The summed E-state index contributed by atoms with van der Waals surface area (Å²) in [4.78, 5) is 13.6. The molecule has 106 valence electrons. The molecule has 0 unspecified atom stereocenters. The quantitative estimate of drug-likeness (QED) is 0.850. The molecule has 1 aromatic carbocycles. The van der Waals surface area contributed by atoms with E-state index in [0.29, 0.717) is 6.54 Å². The van der Waals surface area contributed by atoms with Gasteiger partial charge in [0.1, 0.15) is 0 Å². The highest BCUT2D eigenvalue weighted by atomic mass is 16.5. The zero-order valence-electron chi connectivity index (χ0n) is 11.8. The normalized spacial score (nSPS) is 10.2. The third kappa shape index (κ3) is 2.93. The first-order valence-electron chi connectivity index (χ1n) is 6.28. The average Bonchev–Trinajstić information content (AvgIpc) is 2.92. The SMILES string of the molecule is COC(=O)c1occc1CNc1ccccc1N(C)C. The fourth-order valence-electron chi connectivity index (χ4n) is 1.95. The van der Waals surface area contributed by atoms with Gasteiger partial charge in [0.25, 0.3) is 0 Å². The lowest BCUT2D eigenvalue weighted by Crippen LogP contribution is -2.12. The van der Waals surface area contributed by atoms with Crippen LogP contribution in [0.3, 0.4) is 0 Å². The lowest BCUT2D eigenvalue weighted by atomic mass is 10.2. The Labute approximate surface area is 118 Å². The Hall–Kier alpha value is -2.43. The topological polar surface area (TPSA) is 54.7 Å². The van der Waals surface area contributed by atoms with Crippen LogP contribution in [0.4, 0.5) is 11.4 Å². The zero-order valence-corrected chi connectivity index (χ0v) is 11.8. The summed E-state index contributed by atoms with van der Waals surface area (Å²) in [7, 11) is 5.31. The van der Waals surface area contributed by atoms with Gasteiger partial charge in [-0.2, -0.15) is 0 Å². The van der Waals surface area contributed by atoms with E-state index in [1.165, 1.54) is 13.4 Å². The second-order valence-corrected chi connectivity index (χ2v) is 4.53. The number of carbonyl (C=O) groups excluding carboxylic acids is 1. The number of carbonyl (C=O) groups is 1.